The number of halogens is 3. The van der Waals surface area contributed by atoms with Crippen LogP contribution in [-0.2, 0) is 43.8 Å². The second-order valence-electron chi connectivity index (χ2n) is 31.6. The summed E-state index contributed by atoms with van der Waals surface area (Å²) in [6.07, 6.45) is 2.07. The van der Waals surface area contributed by atoms with E-state index in [4.69, 9.17) is 14.4 Å². The lowest BCUT2D eigenvalue weighted by Crippen LogP contribution is -2.34. The molecular weight excluding hydrogens is 1310 g/mol. The summed E-state index contributed by atoms with van der Waals surface area (Å²) >= 11 is 3.11. The summed E-state index contributed by atoms with van der Waals surface area (Å²) in [6.45, 7) is 33.9. The van der Waals surface area contributed by atoms with Crippen molar-refractivity contribution < 1.29 is 31.3 Å². The molecule has 0 unspecified atom stereocenters. The van der Waals surface area contributed by atoms with E-state index in [-0.39, 0.29) is 22.7 Å². The Morgan fingerprint density at radius 2 is 0.816 bits per heavy atom. The van der Waals surface area contributed by atoms with Crippen LogP contribution >= 0.6 is 22.7 Å². The molecule has 7 nitrogen and oxygen atoms in total. The van der Waals surface area contributed by atoms with Crippen LogP contribution in [0.5, 0.6) is 0 Å². The SMILES string of the molecule is Cc1c(-c2cc(-c3ccc4nc(CC(C)(C)C(F)(F)F)sc4c3)cc[n+]2C)cc(C(C)(C)C)c2ccccc12.Cc1c[n+](C)c(-c2cc(C(C)(C)C)c3ccccc3c2C)cc1-c1nc2ccccc2o1.Cc1c[n+](C)c(-c2cc(C(C)(C)C)c3ccccc3c2C)cc1-c1nc2ccccc2s1. The summed E-state index contributed by atoms with van der Waals surface area (Å²) in [6, 6.07) is 64.4. The molecule has 0 fully saturated rings. The number of fused-ring (bicyclic) bond motifs is 6. The van der Waals surface area contributed by atoms with Crippen molar-refractivity contribution in [3.8, 4) is 66.9 Å². The van der Waals surface area contributed by atoms with E-state index in [0.29, 0.717) is 10.9 Å². The van der Waals surface area contributed by atoms with Gasteiger partial charge in [0.2, 0.25) is 23.0 Å². The lowest BCUT2D eigenvalue weighted by Gasteiger charge is -2.26. The number of oxazole rings is 1. The molecule has 12 heteroatoms. The molecule has 0 amide bonds. The van der Waals surface area contributed by atoms with Crippen LogP contribution in [-0.4, -0.2) is 21.1 Å². The third-order valence-electron chi connectivity index (χ3n) is 20.5. The zero-order valence-electron chi connectivity index (χ0n) is 62.8. The fraction of sp³-hybridized carbons (Fsp3) is 0.275. The van der Waals surface area contributed by atoms with Gasteiger partial charge in [-0.25, -0.2) is 28.7 Å². The third-order valence-corrected chi connectivity index (χ3v) is 22.6. The van der Waals surface area contributed by atoms with Gasteiger partial charge in [-0.3, -0.25) is 0 Å². The van der Waals surface area contributed by atoms with E-state index in [2.05, 4.69) is 295 Å². The van der Waals surface area contributed by atoms with Gasteiger partial charge < -0.3 is 4.42 Å². The van der Waals surface area contributed by atoms with Crippen LogP contribution in [0.3, 0.4) is 0 Å². The molecule has 9 aromatic carbocycles. The van der Waals surface area contributed by atoms with Gasteiger partial charge in [0.05, 0.1) is 36.4 Å². The first-order valence-electron chi connectivity index (χ1n) is 35.4. The van der Waals surface area contributed by atoms with Gasteiger partial charge in [-0.05, 0) is 182 Å². The van der Waals surface area contributed by atoms with Gasteiger partial charge in [-0.2, -0.15) is 13.2 Å². The topological polar surface area (TPSA) is 63.5 Å². The van der Waals surface area contributed by atoms with Gasteiger partial charge >= 0.3 is 6.18 Å². The molecule has 15 rings (SSSR count). The van der Waals surface area contributed by atoms with Crippen LogP contribution < -0.4 is 13.7 Å². The van der Waals surface area contributed by atoms with Gasteiger partial charge in [0.1, 0.15) is 31.7 Å². The number of para-hydroxylation sites is 3. The summed E-state index contributed by atoms with van der Waals surface area (Å²) < 4.78 is 55.2. The highest BCUT2D eigenvalue weighted by atomic mass is 32.1. The lowest BCUT2D eigenvalue weighted by molar-refractivity contribution is -0.660. The molecule has 522 valence electrons. The van der Waals surface area contributed by atoms with Crippen LogP contribution in [0.25, 0.3) is 131 Å². The highest BCUT2D eigenvalue weighted by Crippen LogP contribution is 2.45. The van der Waals surface area contributed by atoms with E-state index in [0.717, 1.165) is 65.5 Å². The Balaban J connectivity index is 0.000000138. The summed E-state index contributed by atoms with van der Waals surface area (Å²) in [5.74, 6) is 0.667. The largest absolute Gasteiger partial charge is 0.436 e. The molecule has 0 aliphatic carbocycles. The molecule has 0 radical (unpaired) electrons. The monoisotopic (exact) mass is 1410 g/mol. The minimum absolute atomic E-state index is 0.0200. The highest BCUT2D eigenvalue weighted by molar-refractivity contribution is 7.21. The number of hydrogen-bond donors (Lipinski definition) is 0. The summed E-state index contributed by atoms with van der Waals surface area (Å²) in [7, 11) is 6.32. The number of alkyl halides is 3. The van der Waals surface area contributed by atoms with Crippen molar-refractivity contribution in [2.24, 2.45) is 26.6 Å². The smallest absolute Gasteiger partial charge is 0.394 e. The zero-order valence-corrected chi connectivity index (χ0v) is 64.4. The second kappa shape index (κ2) is 27.1. The predicted molar refractivity (Wildman–Crippen MR) is 425 cm³/mol. The van der Waals surface area contributed by atoms with Crippen LogP contribution in [0.4, 0.5) is 13.2 Å². The van der Waals surface area contributed by atoms with Gasteiger partial charge in [0.25, 0.3) is 0 Å². The molecule has 0 aliphatic rings. The molecule has 15 aromatic rings. The molecule has 0 N–H and O–H groups in total. The number of thiazole rings is 2. The first-order valence-corrected chi connectivity index (χ1v) is 37.0. The van der Waals surface area contributed by atoms with Crippen molar-refractivity contribution >= 4 is 86.5 Å². The van der Waals surface area contributed by atoms with Crippen LogP contribution in [0.2, 0.25) is 0 Å². The van der Waals surface area contributed by atoms with Crippen molar-refractivity contribution in [3.05, 3.63) is 250 Å². The summed E-state index contributed by atoms with van der Waals surface area (Å²) in [5.41, 5.74) is 23.6. The van der Waals surface area contributed by atoms with E-state index in [9.17, 15) is 13.2 Å². The van der Waals surface area contributed by atoms with Gasteiger partial charge in [-0.1, -0.05) is 179 Å². The van der Waals surface area contributed by atoms with E-state index in [1.807, 2.05) is 42.5 Å². The van der Waals surface area contributed by atoms with E-state index in [1.54, 1.807) is 11.3 Å². The van der Waals surface area contributed by atoms with Crippen LogP contribution in [0, 0.1) is 40.0 Å². The van der Waals surface area contributed by atoms with Crippen molar-refractivity contribution in [2.75, 3.05) is 0 Å². The lowest BCUT2D eigenvalue weighted by atomic mass is 9.80. The fourth-order valence-corrected chi connectivity index (χ4v) is 16.8. The molecule has 0 atom stereocenters. The Hall–Kier alpha value is -9.75. The van der Waals surface area contributed by atoms with E-state index in [1.165, 1.54) is 129 Å². The number of aryl methyl sites for hydroxylation is 8. The van der Waals surface area contributed by atoms with Crippen molar-refractivity contribution in [1.29, 1.82) is 0 Å². The first-order chi connectivity index (χ1) is 48.6. The van der Waals surface area contributed by atoms with Gasteiger partial charge in [0, 0.05) is 64.1 Å². The Morgan fingerprint density at radius 1 is 0.388 bits per heavy atom. The van der Waals surface area contributed by atoms with Gasteiger partial charge in [0.15, 0.2) is 24.2 Å². The number of benzene rings is 9. The molecule has 0 saturated carbocycles. The normalized spacial score (nSPS) is 12.4. The van der Waals surface area contributed by atoms with Crippen molar-refractivity contribution in [1.82, 2.24) is 15.0 Å². The molecule has 6 heterocycles. The number of pyridine rings is 3. The highest BCUT2D eigenvalue weighted by Gasteiger charge is 2.47. The molecule has 0 aliphatic heterocycles. The second-order valence-corrected chi connectivity index (χ2v) is 33.8. The molecule has 6 aromatic heterocycles. The maximum atomic E-state index is 13.5. The Kier molecular flexibility index (Phi) is 18.9. The summed E-state index contributed by atoms with van der Waals surface area (Å²) in [5, 5.41) is 9.44. The standard InChI is InChI=1S/C33H34F3N2S.C29H29N2O.C29H29N2S/c1-20-23-10-8-9-11-24(23)26(31(2,3)4)18-25(20)28-16-22(14-15-38(28)7)21-12-13-27-29(17-21)39-30(37-27)19-32(5,6)33(34,35)36;2*1-18-17-31(6)26(16-22(18)28-30-25-13-9-10-14-27(25)32-28)23-15-24(29(3,4)5)21-12-8-7-11-20(21)19(23)2/h8-18H,19H2,1-7H3;2*7-17H,1-6H3/q3*+1. The van der Waals surface area contributed by atoms with Crippen molar-refractivity contribution in [2.45, 2.75) is 140 Å². The Bertz CT molecular complexity index is 5510. The number of rotatable bonds is 8. The molecule has 0 bridgehead atoms. The number of nitrogens with zero attached hydrogens (tertiary/aromatic N) is 6. The summed E-state index contributed by atoms with van der Waals surface area (Å²) in [4.78, 5) is 14.2. The Labute approximate surface area is 612 Å². The van der Waals surface area contributed by atoms with Crippen LogP contribution in [0.1, 0.15) is 126 Å². The minimum Gasteiger partial charge on any atom is -0.436 e. The minimum atomic E-state index is -4.28. The first kappa shape index (κ1) is 71.6. The fourth-order valence-electron chi connectivity index (χ4n) is 14.5. The average Bonchev–Trinajstić information content (AvgIpc) is 1.03. The Morgan fingerprint density at radius 3 is 1.30 bits per heavy atom. The predicted octanol–water partition coefficient (Wildman–Crippen LogP) is 23.9. The quantitative estimate of drug-likeness (QED) is 0.142. The van der Waals surface area contributed by atoms with Crippen LogP contribution in [0.15, 0.2) is 205 Å². The zero-order chi connectivity index (χ0) is 73.6. The molecule has 103 heavy (non-hydrogen) atoms. The average molecular weight is 1410 g/mol. The molecule has 0 spiro atoms. The maximum Gasteiger partial charge on any atom is 0.394 e. The molecular formula is C91H92F3N6OS2+3. The van der Waals surface area contributed by atoms with Gasteiger partial charge in [-0.15, -0.1) is 22.7 Å². The third kappa shape index (κ3) is 14.1. The number of hydrogen-bond acceptors (Lipinski definition) is 6. The molecule has 0 saturated heterocycles. The number of aromatic nitrogens is 6. The maximum absolute atomic E-state index is 13.5. The van der Waals surface area contributed by atoms with E-state index >= 15 is 0 Å². The van der Waals surface area contributed by atoms with E-state index < -0.39 is 11.6 Å². The van der Waals surface area contributed by atoms with Crippen molar-refractivity contribution in [3.63, 3.8) is 0 Å².